The van der Waals surface area contributed by atoms with Crippen molar-refractivity contribution in [3.05, 3.63) is 11.8 Å². The molecule has 0 saturated heterocycles. The van der Waals surface area contributed by atoms with E-state index in [1.165, 1.54) is 27.7 Å². The summed E-state index contributed by atoms with van der Waals surface area (Å²) in [5.41, 5.74) is -2.35. The van der Waals surface area contributed by atoms with Crippen LogP contribution in [-0.2, 0) is 13.6 Å². The summed E-state index contributed by atoms with van der Waals surface area (Å²) in [5.74, 6) is 0. The molecular weight excluding hydrogens is 308 g/mol. The molecular formula is C10H17F5NO3P. The Bertz CT molecular complexity index is 390. The third-order valence-corrected chi connectivity index (χ3v) is 4.14. The summed E-state index contributed by atoms with van der Waals surface area (Å²) in [6.45, 7) is 5.58. The van der Waals surface area contributed by atoms with E-state index >= 15 is 0 Å². The van der Waals surface area contributed by atoms with Crippen LogP contribution in [0.15, 0.2) is 11.8 Å². The molecule has 20 heavy (non-hydrogen) atoms. The van der Waals surface area contributed by atoms with Crippen molar-refractivity contribution in [1.82, 2.24) is 4.67 Å². The molecule has 0 aliphatic rings. The standard InChI is InChI=1S/C10H17F5NO3P/c1-6(2)18-20(17,19-7(3)4)16(5)8(9(11)12)10(13,14)15/h6-7H,1-5H3. The molecule has 4 nitrogen and oxygen atoms in total. The molecule has 0 amide bonds. The first-order valence-electron chi connectivity index (χ1n) is 5.64. The first kappa shape index (κ1) is 19.3. The van der Waals surface area contributed by atoms with E-state index in [1.807, 2.05) is 0 Å². The van der Waals surface area contributed by atoms with E-state index in [0.717, 1.165) is 0 Å². The zero-order chi connectivity index (χ0) is 16.3. The lowest BCUT2D eigenvalue weighted by molar-refractivity contribution is -0.110. The van der Waals surface area contributed by atoms with Crippen LogP contribution >= 0.6 is 7.75 Å². The van der Waals surface area contributed by atoms with Gasteiger partial charge in [-0.25, -0.2) is 4.57 Å². The van der Waals surface area contributed by atoms with Crippen molar-refractivity contribution in [3.8, 4) is 0 Å². The second kappa shape index (κ2) is 6.87. The highest BCUT2D eigenvalue weighted by atomic mass is 31.2. The van der Waals surface area contributed by atoms with Gasteiger partial charge < -0.3 is 0 Å². The normalized spacial score (nSPS) is 13.0. The Morgan fingerprint density at radius 3 is 1.60 bits per heavy atom. The van der Waals surface area contributed by atoms with Crippen LogP contribution < -0.4 is 0 Å². The lowest BCUT2D eigenvalue weighted by atomic mass is 10.5. The molecule has 0 spiro atoms. The number of halogens is 5. The zero-order valence-electron chi connectivity index (χ0n) is 11.7. The van der Waals surface area contributed by atoms with E-state index in [2.05, 4.69) is 0 Å². The van der Waals surface area contributed by atoms with Crippen LogP contribution in [0.2, 0.25) is 0 Å². The average molecular weight is 325 g/mol. The quantitative estimate of drug-likeness (QED) is 0.531. The highest BCUT2D eigenvalue weighted by molar-refractivity contribution is 7.51. The topological polar surface area (TPSA) is 38.8 Å². The fraction of sp³-hybridized carbons (Fsp3) is 0.800. The molecule has 10 heteroatoms. The smallest absolute Gasteiger partial charge is 0.289 e. The van der Waals surface area contributed by atoms with E-state index in [4.69, 9.17) is 9.05 Å². The number of hydrogen-bond donors (Lipinski definition) is 0. The Balaban J connectivity index is 5.70. The molecule has 0 aromatic rings. The second-order valence-electron chi connectivity index (χ2n) is 4.41. The Morgan fingerprint density at radius 1 is 1.05 bits per heavy atom. The van der Waals surface area contributed by atoms with Crippen LogP contribution in [0.5, 0.6) is 0 Å². The van der Waals surface area contributed by atoms with Crippen LogP contribution in [0.4, 0.5) is 22.0 Å². The third-order valence-electron chi connectivity index (χ3n) is 1.83. The monoisotopic (exact) mass is 325 g/mol. The van der Waals surface area contributed by atoms with Crippen molar-refractivity contribution in [1.29, 1.82) is 0 Å². The van der Waals surface area contributed by atoms with Crippen molar-refractivity contribution >= 4 is 7.75 Å². The Morgan fingerprint density at radius 2 is 1.40 bits per heavy atom. The minimum atomic E-state index is -5.38. The molecule has 0 bridgehead atoms. The average Bonchev–Trinajstić information content (AvgIpc) is 2.10. The minimum Gasteiger partial charge on any atom is -0.289 e. The summed E-state index contributed by atoms with van der Waals surface area (Å²) < 4.78 is 84.7. The first-order chi connectivity index (χ1) is 8.81. The van der Waals surface area contributed by atoms with Crippen molar-refractivity contribution in [2.75, 3.05) is 7.05 Å². The number of alkyl halides is 3. The van der Waals surface area contributed by atoms with Gasteiger partial charge in [0.2, 0.25) is 0 Å². The predicted molar refractivity (Wildman–Crippen MR) is 63.1 cm³/mol. The lowest BCUT2D eigenvalue weighted by Gasteiger charge is -2.32. The van der Waals surface area contributed by atoms with Crippen LogP contribution in [0, 0.1) is 0 Å². The molecule has 0 heterocycles. The molecule has 0 unspecified atom stereocenters. The van der Waals surface area contributed by atoms with Crippen molar-refractivity contribution in [2.45, 2.75) is 46.1 Å². The molecule has 0 rings (SSSR count). The van der Waals surface area contributed by atoms with Crippen LogP contribution in [0.25, 0.3) is 0 Å². The van der Waals surface area contributed by atoms with E-state index in [-0.39, 0.29) is 4.67 Å². The van der Waals surface area contributed by atoms with Gasteiger partial charge in [-0.05, 0) is 27.7 Å². The van der Waals surface area contributed by atoms with Gasteiger partial charge in [0.15, 0.2) is 5.70 Å². The second-order valence-corrected chi connectivity index (χ2v) is 6.37. The predicted octanol–water partition coefficient (Wildman–Crippen LogP) is 4.55. The molecule has 0 atom stereocenters. The summed E-state index contributed by atoms with van der Waals surface area (Å²) >= 11 is 0. The van der Waals surface area contributed by atoms with Gasteiger partial charge in [0, 0.05) is 7.05 Å². The van der Waals surface area contributed by atoms with Gasteiger partial charge in [-0.1, -0.05) is 0 Å². The summed E-state index contributed by atoms with van der Waals surface area (Å²) in [7, 11) is -3.96. The molecule has 120 valence electrons. The van der Waals surface area contributed by atoms with Crippen molar-refractivity contribution in [2.24, 2.45) is 0 Å². The first-order valence-corrected chi connectivity index (χ1v) is 7.14. The maximum atomic E-state index is 12.6. The van der Waals surface area contributed by atoms with E-state index in [0.29, 0.717) is 7.05 Å². The SMILES string of the molecule is CC(C)OP(=O)(OC(C)C)N(C)C(=C(F)F)C(F)(F)F. The number of hydrogen-bond acceptors (Lipinski definition) is 3. The van der Waals surface area contributed by atoms with Gasteiger partial charge in [0.05, 0.1) is 12.2 Å². The van der Waals surface area contributed by atoms with Crippen molar-refractivity contribution in [3.63, 3.8) is 0 Å². The zero-order valence-corrected chi connectivity index (χ0v) is 12.6. The van der Waals surface area contributed by atoms with Gasteiger partial charge in [0.1, 0.15) is 0 Å². The number of nitrogens with zero attached hydrogens (tertiary/aromatic N) is 1. The van der Waals surface area contributed by atoms with Crippen LogP contribution in [0.1, 0.15) is 27.7 Å². The van der Waals surface area contributed by atoms with Gasteiger partial charge in [-0.2, -0.15) is 22.0 Å². The van der Waals surface area contributed by atoms with E-state index in [1.54, 1.807) is 0 Å². The summed E-state index contributed by atoms with van der Waals surface area (Å²) in [4.78, 5) is 0. The fourth-order valence-electron chi connectivity index (χ4n) is 1.23. The van der Waals surface area contributed by atoms with E-state index < -0.39 is 37.9 Å². The molecule has 0 aliphatic heterocycles. The van der Waals surface area contributed by atoms with Crippen molar-refractivity contribution < 1.29 is 35.6 Å². The molecule has 0 radical (unpaired) electrons. The van der Waals surface area contributed by atoms with E-state index in [9.17, 15) is 26.5 Å². The summed E-state index contributed by atoms with van der Waals surface area (Å²) in [5, 5.41) is 0. The van der Waals surface area contributed by atoms with Gasteiger partial charge in [0.25, 0.3) is 6.08 Å². The number of allylic oxidation sites excluding steroid dienone is 1. The molecule has 0 aromatic heterocycles. The Labute approximate surface area is 114 Å². The van der Waals surface area contributed by atoms with Crippen LogP contribution in [-0.4, -0.2) is 30.1 Å². The summed E-state index contributed by atoms with van der Waals surface area (Å²) in [6.07, 6.45) is -9.96. The maximum absolute atomic E-state index is 12.6. The van der Waals surface area contributed by atoms with Gasteiger partial charge in [-0.15, -0.1) is 0 Å². The highest BCUT2D eigenvalue weighted by Gasteiger charge is 2.48. The molecule has 0 aliphatic carbocycles. The summed E-state index contributed by atoms with van der Waals surface area (Å²) in [6, 6.07) is 0. The molecule has 0 aromatic carbocycles. The fourth-order valence-corrected chi connectivity index (χ4v) is 3.07. The molecule has 0 fully saturated rings. The number of rotatable bonds is 6. The largest absolute Gasteiger partial charge is 0.436 e. The third kappa shape index (κ3) is 5.38. The lowest BCUT2D eigenvalue weighted by Crippen LogP contribution is -2.30. The minimum absolute atomic E-state index is 0.178. The van der Waals surface area contributed by atoms with Gasteiger partial charge in [-0.3, -0.25) is 13.7 Å². The Kier molecular flexibility index (Phi) is 6.64. The van der Waals surface area contributed by atoms with Gasteiger partial charge >= 0.3 is 13.9 Å². The molecule has 0 saturated carbocycles. The Hall–Kier alpha value is -0.660. The highest BCUT2D eigenvalue weighted by Crippen LogP contribution is 2.57. The van der Waals surface area contributed by atoms with Crippen LogP contribution in [0.3, 0.4) is 0 Å². The maximum Gasteiger partial charge on any atom is 0.436 e. The molecule has 0 N–H and O–H groups in total.